The quantitative estimate of drug-likeness (QED) is 0.864. The maximum atomic E-state index is 12.3. The molecule has 3 rings (SSSR count). The third-order valence-electron chi connectivity index (χ3n) is 4.44. The lowest BCUT2D eigenvalue weighted by Gasteiger charge is -2.16. The van der Waals surface area contributed by atoms with Gasteiger partial charge in [0.25, 0.3) is 5.91 Å². The molecule has 1 heterocycles. The van der Waals surface area contributed by atoms with Crippen LogP contribution in [-0.4, -0.2) is 35.8 Å². The molecule has 0 spiro atoms. The van der Waals surface area contributed by atoms with Crippen molar-refractivity contribution in [3.05, 3.63) is 71.8 Å². The van der Waals surface area contributed by atoms with Crippen molar-refractivity contribution < 1.29 is 9.59 Å². The average Bonchev–Trinajstić information content (AvgIpc) is 3.14. The summed E-state index contributed by atoms with van der Waals surface area (Å²) in [4.78, 5) is 26.1. The molecule has 0 aromatic heterocycles. The predicted molar refractivity (Wildman–Crippen MR) is 101 cm³/mol. The van der Waals surface area contributed by atoms with Gasteiger partial charge in [-0.1, -0.05) is 54.5 Å². The van der Waals surface area contributed by atoms with E-state index in [0.29, 0.717) is 19.5 Å². The van der Waals surface area contributed by atoms with Crippen LogP contribution in [0.5, 0.6) is 0 Å². The van der Waals surface area contributed by atoms with Crippen molar-refractivity contribution in [3.8, 4) is 11.8 Å². The Morgan fingerprint density at radius 2 is 1.73 bits per heavy atom. The van der Waals surface area contributed by atoms with Crippen molar-refractivity contribution in [2.24, 2.45) is 0 Å². The fourth-order valence-corrected chi connectivity index (χ4v) is 3.03. The van der Waals surface area contributed by atoms with Gasteiger partial charge in [-0.25, -0.2) is 0 Å². The molecule has 1 atom stereocenters. The van der Waals surface area contributed by atoms with Gasteiger partial charge in [-0.2, -0.15) is 0 Å². The first-order valence-electron chi connectivity index (χ1n) is 8.90. The molecular formula is C22H22N2O2. The van der Waals surface area contributed by atoms with Crippen LogP contribution in [-0.2, 0) is 16.0 Å². The molecule has 4 heteroatoms. The fraction of sp³-hybridized carbons (Fsp3) is 0.273. The molecule has 26 heavy (non-hydrogen) atoms. The second-order valence-corrected chi connectivity index (χ2v) is 6.40. The lowest BCUT2D eigenvalue weighted by atomic mass is 10.1. The number of aryl methyl sites for hydroxylation is 1. The molecule has 2 aromatic carbocycles. The van der Waals surface area contributed by atoms with Gasteiger partial charge in [0.1, 0.15) is 0 Å². The maximum absolute atomic E-state index is 12.3. The number of nitrogens with zero attached hydrogens (tertiary/aromatic N) is 1. The highest BCUT2D eigenvalue weighted by Crippen LogP contribution is 2.12. The highest BCUT2D eigenvalue weighted by atomic mass is 16.2. The Kier molecular flexibility index (Phi) is 6.05. The SMILES string of the molecule is O=C(C#Cc1ccccc1)N[C@H]1CCN(C(=O)CCc2ccccc2)C1. The Morgan fingerprint density at radius 3 is 2.46 bits per heavy atom. The number of carbonyl (C=O) groups excluding carboxylic acids is 2. The Balaban J connectivity index is 1.44. The summed E-state index contributed by atoms with van der Waals surface area (Å²) in [6, 6.07) is 19.4. The summed E-state index contributed by atoms with van der Waals surface area (Å²) in [5, 5.41) is 2.90. The summed E-state index contributed by atoms with van der Waals surface area (Å²) in [6.45, 7) is 1.25. The van der Waals surface area contributed by atoms with Crippen LogP contribution < -0.4 is 5.32 Å². The number of rotatable bonds is 4. The number of likely N-dealkylation sites (tertiary alicyclic amines) is 1. The number of amides is 2. The van der Waals surface area contributed by atoms with Gasteiger partial charge < -0.3 is 10.2 Å². The van der Waals surface area contributed by atoms with Gasteiger partial charge in [-0.3, -0.25) is 9.59 Å². The van der Waals surface area contributed by atoms with Crippen LogP contribution in [0.2, 0.25) is 0 Å². The predicted octanol–water partition coefficient (Wildman–Crippen LogP) is 2.39. The first kappa shape index (κ1) is 17.8. The van der Waals surface area contributed by atoms with E-state index in [1.165, 1.54) is 5.56 Å². The molecule has 132 valence electrons. The number of carbonyl (C=O) groups is 2. The third-order valence-corrected chi connectivity index (χ3v) is 4.44. The number of hydrogen-bond acceptors (Lipinski definition) is 2. The van der Waals surface area contributed by atoms with Crippen molar-refractivity contribution in [2.45, 2.75) is 25.3 Å². The maximum Gasteiger partial charge on any atom is 0.296 e. The van der Waals surface area contributed by atoms with Crippen molar-refractivity contribution in [1.29, 1.82) is 0 Å². The first-order chi connectivity index (χ1) is 12.7. The molecule has 1 aliphatic rings. The molecule has 2 aromatic rings. The fourth-order valence-electron chi connectivity index (χ4n) is 3.03. The number of hydrogen-bond donors (Lipinski definition) is 1. The third kappa shape index (κ3) is 5.22. The standard InChI is InChI=1S/C22H22N2O2/c25-21(13-11-18-7-3-1-4-8-18)23-20-15-16-24(17-20)22(26)14-12-19-9-5-2-6-10-19/h1-10,20H,12,14-17H2,(H,23,25)/t20-/m0/s1. The summed E-state index contributed by atoms with van der Waals surface area (Å²) < 4.78 is 0. The van der Waals surface area contributed by atoms with Crippen molar-refractivity contribution in [3.63, 3.8) is 0 Å². The normalized spacial score (nSPS) is 15.8. The highest BCUT2D eigenvalue weighted by molar-refractivity contribution is 5.94. The summed E-state index contributed by atoms with van der Waals surface area (Å²) >= 11 is 0. The van der Waals surface area contributed by atoms with Crippen molar-refractivity contribution in [2.75, 3.05) is 13.1 Å². The Labute approximate surface area is 154 Å². The van der Waals surface area contributed by atoms with Crippen molar-refractivity contribution in [1.82, 2.24) is 10.2 Å². The van der Waals surface area contributed by atoms with E-state index in [9.17, 15) is 9.59 Å². The molecule has 1 N–H and O–H groups in total. The molecule has 1 aliphatic heterocycles. The monoisotopic (exact) mass is 346 g/mol. The van der Waals surface area contributed by atoms with Gasteiger partial charge >= 0.3 is 0 Å². The van der Waals surface area contributed by atoms with Gasteiger partial charge in [0.05, 0.1) is 0 Å². The lowest BCUT2D eigenvalue weighted by molar-refractivity contribution is -0.130. The second kappa shape index (κ2) is 8.87. The van der Waals surface area contributed by atoms with Gasteiger partial charge in [-0.15, -0.1) is 0 Å². The molecule has 4 nitrogen and oxygen atoms in total. The van der Waals surface area contributed by atoms with Crippen molar-refractivity contribution >= 4 is 11.8 Å². The molecule has 0 unspecified atom stereocenters. The Bertz CT molecular complexity index is 806. The molecule has 0 bridgehead atoms. The van der Waals surface area contributed by atoms with Crippen LogP contribution in [0.4, 0.5) is 0 Å². The van der Waals surface area contributed by atoms with Crippen LogP contribution in [0, 0.1) is 11.8 Å². The van der Waals surface area contributed by atoms with E-state index in [-0.39, 0.29) is 17.9 Å². The average molecular weight is 346 g/mol. The van der Waals surface area contributed by atoms with E-state index in [1.54, 1.807) is 0 Å². The highest BCUT2D eigenvalue weighted by Gasteiger charge is 2.26. The lowest BCUT2D eigenvalue weighted by Crippen LogP contribution is -2.38. The van der Waals surface area contributed by atoms with E-state index < -0.39 is 0 Å². The van der Waals surface area contributed by atoms with Crippen LogP contribution in [0.3, 0.4) is 0 Å². The van der Waals surface area contributed by atoms with Gasteiger partial charge in [0.2, 0.25) is 5.91 Å². The zero-order chi connectivity index (χ0) is 18.2. The van der Waals surface area contributed by atoms with E-state index in [2.05, 4.69) is 17.2 Å². The van der Waals surface area contributed by atoms with Crippen LogP contribution in [0.25, 0.3) is 0 Å². The van der Waals surface area contributed by atoms with Gasteiger partial charge in [0.15, 0.2) is 0 Å². The molecule has 0 saturated carbocycles. The van der Waals surface area contributed by atoms with Gasteiger partial charge in [0, 0.05) is 37.0 Å². The zero-order valence-electron chi connectivity index (χ0n) is 14.7. The summed E-state index contributed by atoms with van der Waals surface area (Å²) in [5.74, 6) is 5.31. The molecule has 0 radical (unpaired) electrons. The molecule has 1 fully saturated rings. The minimum atomic E-state index is -0.294. The minimum Gasteiger partial charge on any atom is -0.341 e. The second-order valence-electron chi connectivity index (χ2n) is 6.40. The topological polar surface area (TPSA) is 49.4 Å². The van der Waals surface area contributed by atoms with Gasteiger partial charge in [-0.05, 0) is 30.5 Å². The Hall–Kier alpha value is -3.06. The summed E-state index contributed by atoms with van der Waals surface area (Å²) in [6.07, 6.45) is 2.02. The minimum absolute atomic E-state index is 0.0201. The first-order valence-corrected chi connectivity index (χ1v) is 8.90. The van der Waals surface area contributed by atoms with E-state index >= 15 is 0 Å². The van der Waals surface area contributed by atoms with E-state index in [1.807, 2.05) is 65.6 Å². The smallest absolute Gasteiger partial charge is 0.296 e. The summed E-state index contributed by atoms with van der Waals surface area (Å²) in [5.41, 5.74) is 1.98. The van der Waals surface area contributed by atoms with Crippen LogP contribution >= 0.6 is 0 Å². The molecule has 1 saturated heterocycles. The van der Waals surface area contributed by atoms with Crippen LogP contribution in [0.1, 0.15) is 24.0 Å². The number of nitrogens with one attached hydrogen (secondary N) is 1. The largest absolute Gasteiger partial charge is 0.341 e. The molecule has 0 aliphatic carbocycles. The number of benzene rings is 2. The van der Waals surface area contributed by atoms with Crippen LogP contribution in [0.15, 0.2) is 60.7 Å². The molecule has 2 amide bonds. The Morgan fingerprint density at radius 1 is 1.04 bits per heavy atom. The van der Waals surface area contributed by atoms with E-state index in [0.717, 1.165) is 18.4 Å². The molecular weight excluding hydrogens is 324 g/mol. The van der Waals surface area contributed by atoms with E-state index in [4.69, 9.17) is 0 Å². The zero-order valence-corrected chi connectivity index (χ0v) is 14.7. The summed E-state index contributed by atoms with van der Waals surface area (Å²) in [7, 11) is 0.